The van der Waals surface area contributed by atoms with E-state index in [0.29, 0.717) is 6.10 Å². The SMILES string of the molecule is CSN1CCC(Oc2ccc(-c3cnc4ccccc4c3C)cc2)CC1. The minimum atomic E-state index is 0.327. The van der Waals surface area contributed by atoms with Gasteiger partial charge in [0.25, 0.3) is 0 Å². The molecule has 1 saturated heterocycles. The first-order valence-electron chi connectivity index (χ1n) is 9.15. The van der Waals surface area contributed by atoms with Gasteiger partial charge in [0, 0.05) is 30.2 Å². The predicted molar refractivity (Wildman–Crippen MR) is 111 cm³/mol. The molecule has 0 amide bonds. The standard InChI is InChI=1S/C22H24N2OS/c1-16-20-5-3-4-6-22(20)23-15-21(16)17-7-9-18(10-8-17)25-19-11-13-24(26-2)14-12-19/h3-10,15,19H,11-14H2,1-2H3. The van der Waals surface area contributed by atoms with E-state index in [9.17, 15) is 0 Å². The third-order valence-electron chi connectivity index (χ3n) is 5.17. The molecule has 134 valence electrons. The Bertz CT molecular complexity index is 886. The first kappa shape index (κ1) is 17.4. The Morgan fingerprint density at radius 1 is 1.04 bits per heavy atom. The van der Waals surface area contributed by atoms with Gasteiger partial charge in [0.2, 0.25) is 0 Å². The Kier molecular flexibility index (Phi) is 5.14. The van der Waals surface area contributed by atoms with Crippen LogP contribution in [-0.2, 0) is 0 Å². The van der Waals surface area contributed by atoms with E-state index in [1.54, 1.807) is 0 Å². The zero-order chi connectivity index (χ0) is 17.9. The van der Waals surface area contributed by atoms with Gasteiger partial charge in [0.15, 0.2) is 0 Å². The van der Waals surface area contributed by atoms with Crippen LogP contribution in [0.4, 0.5) is 0 Å². The maximum Gasteiger partial charge on any atom is 0.119 e. The van der Waals surface area contributed by atoms with Crippen molar-refractivity contribution in [2.45, 2.75) is 25.9 Å². The zero-order valence-corrected chi connectivity index (χ0v) is 16.1. The number of pyridine rings is 1. The summed E-state index contributed by atoms with van der Waals surface area (Å²) in [7, 11) is 0. The number of para-hydroxylation sites is 1. The fourth-order valence-corrected chi connectivity index (χ4v) is 4.18. The Balaban J connectivity index is 1.50. The zero-order valence-electron chi connectivity index (χ0n) is 15.3. The number of piperidine rings is 1. The maximum absolute atomic E-state index is 6.19. The Morgan fingerprint density at radius 3 is 2.50 bits per heavy atom. The Labute approximate surface area is 159 Å². The average Bonchev–Trinajstić information content (AvgIpc) is 2.70. The normalized spacial score (nSPS) is 16.1. The van der Waals surface area contributed by atoms with E-state index in [0.717, 1.165) is 37.2 Å². The van der Waals surface area contributed by atoms with Crippen molar-refractivity contribution in [3.8, 4) is 16.9 Å². The lowest BCUT2D eigenvalue weighted by molar-refractivity contribution is 0.139. The molecule has 1 aliphatic rings. The van der Waals surface area contributed by atoms with Gasteiger partial charge in [0.05, 0.1) is 5.52 Å². The second kappa shape index (κ2) is 7.68. The molecule has 0 spiro atoms. The summed E-state index contributed by atoms with van der Waals surface area (Å²) in [5, 5.41) is 1.21. The van der Waals surface area contributed by atoms with Gasteiger partial charge in [-0.25, -0.2) is 0 Å². The summed E-state index contributed by atoms with van der Waals surface area (Å²) in [6, 6.07) is 16.8. The van der Waals surface area contributed by atoms with E-state index < -0.39 is 0 Å². The van der Waals surface area contributed by atoms with Crippen molar-refractivity contribution in [2.24, 2.45) is 0 Å². The number of ether oxygens (including phenoxy) is 1. The van der Waals surface area contributed by atoms with E-state index in [-0.39, 0.29) is 0 Å². The van der Waals surface area contributed by atoms with Crippen molar-refractivity contribution < 1.29 is 4.74 Å². The minimum absolute atomic E-state index is 0.327. The van der Waals surface area contributed by atoms with Crippen molar-refractivity contribution in [1.82, 2.24) is 9.29 Å². The van der Waals surface area contributed by atoms with E-state index in [4.69, 9.17) is 4.74 Å². The molecule has 0 atom stereocenters. The first-order chi connectivity index (χ1) is 12.7. The van der Waals surface area contributed by atoms with Crippen molar-refractivity contribution in [2.75, 3.05) is 19.3 Å². The molecule has 1 aliphatic heterocycles. The minimum Gasteiger partial charge on any atom is -0.490 e. The summed E-state index contributed by atoms with van der Waals surface area (Å²) < 4.78 is 8.59. The quantitative estimate of drug-likeness (QED) is 0.584. The molecule has 26 heavy (non-hydrogen) atoms. The van der Waals surface area contributed by atoms with Gasteiger partial charge in [-0.3, -0.25) is 9.29 Å². The van der Waals surface area contributed by atoms with Crippen LogP contribution < -0.4 is 4.74 Å². The molecule has 0 bridgehead atoms. The third-order valence-corrected chi connectivity index (χ3v) is 6.05. The molecule has 2 heterocycles. The summed E-state index contributed by atoms with van der Waals surface area (Å²) in [5.41, 5.74) is 4.69. The van der Waals surface area contributed by atoms with Crippen LogP contribution in [0.1, 0.15) is 18.4 Å². The van der Waals surface area contributed by atoms with Crippen LogP contribution in [0.25, 0.3) is 22.0 Å². The number of hydrogen-bond acceptors (Lipinski definition) is 4. The molecule has 1 aromatic heterocycles. The molecule has 1 fully saturated rings. The molecule has 0 radical (unpaired) electrons. The van der Waals surface area contributed by atoms with Gasteiger partial charge in [-0.2, -0.15) is 0 Å². The highest BCUT2D eigenvalue weighted by Gasteiger charge is 2.20. The molecule has 3 nitrogen and oxygen atoms in total. The van der Waals surface area contributed by atoms with Crippen LogP contribution in [0.3, 0.4) is 0 Å². The average molecular weight is 365 g/mol. The Morgan fingerprint density at radius 2 is 1.77 bits per heavy atom. The Hall–Kier alpha value is -2.04. The van der Waals surface area contributed by atoms with Gasteiger partial charge < -0.3 is 4.74 Å². The lowest BCUT2D eigenvalue weighted by atomic mass is 9.99. The fourth-order valence-electron chi connectivity index (χ4n) is 3.61. The molecule has 0 saturated carbocycles. The lowest BCUT2D eigenvalue weighted by Gasteiger charge is -2.30. The number of nitrogens with zero attached hydrogens (tertiary/aromatic N) is 2. The van der Waals surface area contributed by atoms with Crippen LogP contribution in [0.5, 0.6) is 5.75 Å². The van der Waals surface area contributed by atoms with E-state index in [2.05, 4.69) is 64.9 Å². The highest BCUT2D eigenvalue weighted by Crippen LogP contribution is 2.30. The summed E-state index contributed by atoms with van der Waals surface area (Å²) >= 11 is 1.83. The third kappa shape index (κ3) is 3.57. The molecule has 0 aliphatic carbocycles. The van der Waals surface area contributed by atoms with Crippen molar-refractivity contribution in [3.63, 3.8) is 0 Å². The second-order valence-corrected chi connectivity index (χ2v) is 7.65. The van der Waals surface area contributed by atoms with Crippen LogP contribution in [0.2, 0.25) is 0 Å². The topological polar surface area (TPSA) is 25.4 Å². The fraction of sp³-hybridized carbons (Fsp3) is 0.318. The lowest BCUT2D eigenvalue weighted by Crippen LogP contribution is -2.34. The van der Waals surface area contributed by atoms with E-state index in [1.807, 2.05) is 24.2 Å². The van der Waals surface area contributed by atoms with Crippen molar-refractivity contribution >= 4 is 22.9 Å². The van der Waals surface area contributed by atoms with Gasteiger partial charge in [-0.1, -0.05) is 42.3 Å². The van der Waals surface area contributed by atoms with Gasteiger partial charge >= 0.3 is 0 Å². The molecular formula is C22H24N2OS. The monoisotopic (exact) mass is 364 g/mol. The van der Waals surface area contributed by atoms with Gasteiger partial charge in [-0.15, -0.1) is 0 Å². The van der Waals surface area contributed by atoms with Crippen LogP contribution >= 0.6 is 11.9 Å². The number of hydrogen-bond donors (Lipinski definition) is 0. The summed E-state index contributed by atoms with van der Waals surface area (Å²) in [6.07, 6.45) is 6.63. The van der Waals surface area contributed by atoms with Crippen LogP contribution in [0.15, 0.2) is 54.7 Å². The van der Waals surface area contributed by atoms with E-state index in [1.165, 1.54) is 22.1 Å². The number of benzene rings is 2. The maximum atomic E-state index is 6.19. The molecular weight excluding hydrogens is 340 g/mol. The molecule has 4 rings (SSSR count). The summed E-state index contributed by atoms with van der Waals surface area (Å²) in [5.74, 6) is 0.961. The predicted octanol–water partition coefficient (Wildman–Crippen LogP) is 5.33. The van der Waals surface area contributed by atoms with Gasteiger partial charge in [0.1, 0.15) is 11.9 Å². The molecule has 0 unspecified atom stereocenters. The van der Waals surface area contributed by atoms with Crippen molar-refractivity contribution in [3.05, 3.63) is 60.3 Å². The molecule has 3 aromatic rings. The highest BCUT2D eigenvalue weighted by atomic mass is 32.2. The van der Waals surface area contributed by atoms with Crippen LogP contribution in [0, 0.1) is 6.92 Å². The second-order valence-electron chi connectivity index (χ2n) is 6.77. The summed E-state index contributed by atoms with van der Waals surface area (Å²) in [6.45, 7) is 4.38. The van der Waals surface area contributed by atoms with Gasteiger partial charge in [-0.05, 0) is 55.3 Å². The van der Waals surface area contributed by atoms with Crippen LogP contribution in [-0.4, -0.2) is 34.7 Å². The highest BCUT2D eigenvalue weighted by molar-refractivity contribution is 7.96. The molecule has 0 N–H and O–H groups in total. The van der Waals surface area contributed by atoms with Crippen molar-refractivity contribution in [1.29, 1.82) is 0 Å². The van der Waals surface area contributed by atoms with E-state index >= 15 is 0 Å². The first-order valence-corrected chi connectivity index (χ1v) is 10.3. The number of aryl methyl sites for hydroxylation is 1. The summed E-state index contributed by atoms with van der Waals surface area (Å²) in [4.78, 5) is 4.61. The number of aromatic nitrogens is 1. The largest absolute Gasteiger partial charge is 0.490 e. The molecule has 2 aromatic carbocycles. The number of rotatable bonds is 4. The smallest absolute Gasteiger partial charge is 0.119 e. The molecule has 4 heteroatoms. The number of fused-ring (bicyclic) bond motifs is 1.